The summed E-state index contributed by atoms with van der Waals surface area (Å²) in [5, 5.41) is 8.73. The van der Waals surface area contributed by atoms with E-state index in [0.717, 1.165) is 32.1 Å². The van der Waals surface area contributed by atoms with E-state index in [1.54, 1.807) is 4.90 Å². The number of carboxylic acid groups (broad SMARTS) is 1. The number of likely N-dealkylation sites (tertiary alicyclic amines) is 1. The lowest BCUT2D eigenvalue weighted by Gasteiger charge is -2.34. The number of amides is 1. The van der Waals surface area contributed by atoms with E-state index in [4.69, 9.17) is 5.11 Å². The molecule has 1 unspecified atom stereocenters. The summed E-state index contributed by atoms with van der Waals surface area (Å²) in [6.45, 7) is 1.97. The first-order chi connectivity index (χ1) is 7.15. The Morgan fingerprint density at radius 2 is 2.33 bits per heavy atom. The molecule has 86 valence electrons. The standard InChI is InChI=1S/C11H19NO3/c1-2-3-5-9-6-4-7-10(13)12(9)8-11(14)15/h9H,2-8H2,1H3,(H,14,15). The van der Waals surface area contributed by atoms with Crippen molar-refractivity contribution in [2.45, 2.75) is 51.5 Å². The first-order valence-electron chi connectivity index (χ1n) is 5.66. The van der Waals surface area contributed by atoms with Crippen molar-refractivity contribution in [3.8, 4) is 0 Å². The number of nitrogens with zero attached hydrogens (tertiary/aromatic N) is 1. The summed E-state index contributed by atoms with van der Waals surface area (Å²) in [4.78, 5) is 23.7. The molecular formula is C11H19NO3. The van der Waals surface area contributed by atoms with Crippen molar-refractivity contribution in [1.82, 2.24) is 4.90 Å². The van der Waals surface area contributed by atoms with Crippen molar-refractivity contribution >= 4 is 11.9 Å². The fraction of sp³-hybridized carbons (Fsp3) is 0.818. The molecule has 4 heteroatoms. The van der Waals surface area contributed by atoms with E-state index in [-0.39, 0.29) is 18.5 Å². The van der Waals surface area contributed by atoms with E-state index < -0.39 is 5.97 Å². The van der Waals surface area contributed by atoms with E-state index >= 15 is 0 Å². The van der Waals surface area contributed by atoms with Gasteiger partial charge in [-0.2, -0.15) is 0 Å². The Morgan fingerprint density at radius 1 is 1.60 bits per heavy atom. The van der Waals surface area contributed by atoms with Gasteiger partial charge in [-0.05, 0) is 19.3 Å². The van der Waals surface area contributed by atoms with Crippen molar-refractivity contribution in [2.75, 3.05) is 6.54 Å². The Balaban J connectivity index is 2.55. The summed E-state index contributed by atoms with van der Waals surface area (Å²) < 4.78 is 0. The highest BCUT2D eigenvalue weighted by atomic mass is 16.4. The van der Waals surface area contributed by atoms with Crippen molar-refractivity contribution in [3.05, 3.63) is 0 Å². The molecule has 1 aliphatic heterocycles. The zero-order valence-corrected chi connectivity index (χ0v) is 9.24. The van der Waals surface area contributed by atoms with Crippen LogP contribution in [0.4, 0.5) is 0 Å². The SMILES string of the molecule is CCCCC1CCCC(=O)N1CC(=O)O. The summed E-state index contributed by atoms with van der Waals surface area (Å²) in [6.07, 6.45) is 5.47. The summed E-state index contributed by atoms with van der Waals surface area (Å²) in [5.74, 6) is -0.906. The molecule has 1 fully saturated rings. The van der Waals surface area contributed by atoms with Gasteiger partial charge >= 0.3 is 5.97 Å². The summed E-state index contributed by atoms with van der Waals surface area (Å²) in [7, 11) is 0. The molecule has 15 heavy (non-hydrogen) atoms. The van der Waals surface area contributed by atoms with Gasteiger partial charge in [-0.1, -0.05) is 19.8 Å². The predicted molar refractivity (Wildman–Crippen MR) is 56.5 cm³/mol. The van der Waals surface area contributed by atoms with Crippen molar-refractivity contribution in [2.24, 2.45) is 0 Å². The van der Waals surface area contributed by atoms with Gasteiger partial charge in [-0.3, -0.25) is 9.59 Å². The minimum absolute atomic E-state index is 0.00440. The Kier molecular flexibility index (Phi) is 4.59. The molecular weight excluding hydrogens is 194 g/mol. The zero-order chi connectivity index (χ0) is 11.3. The average molecular weight is 213 g/mol. The van der Waals surface area contributed by atoms with E-state index in [1.807, 2.05) is 0 Å². The van der Waals surface area contributed by atoms with Crippen LogP contribution in [0.2, 0.25) is 0 Å². The topological polar surface area (TPSA) is 57.6 Å². The molecule has 0 saturated carbocycles. The van der Waals surface area contributed by atoms with Crippen molar-refractivity contribution < 1.29 is 14.7 Å². The molecule has 1 amide bonds. The second-order valence-corrected chi connectivity index (χ2v) is 4.10. The van der Waals surface area contributed by atoms with Crippen LogP contribution in [-0.4, -0.2) is 34.5 Å². The number of hydrogen-bond donors (Lipinski definition) is 1. The molecule has 1 saturated heterocycles. The maximum absolute atomic E-state index is 11.6. The predicted octanol–water partition coefficient (Wildman–Crippen LogP) is 1.64. The van der Waals surface area contributed by atoms with Crippen LogP contribution >= 0.6 is 0 Å². The summed E-state index contributed by atoms with van der Waals surface area (Å²) >= 11 is 0. The number of piperidine rings is 1. The first-order valence-corrected chi connectivity index (χ1v) is 5.66. The molecule has 0 bridgehead atoms. The minimum Gasteiger partial charge on any atom is -0.480 e. The molecule has 4 nitrogen and oxygen atoms in total. The van der Waals surface area contributed by atoms with Crippen molar-refractivity contribution in [1.29, 1.82) is 0 Å². The number of carbonyl (C=O) groups is 2. The van der Waals surface area contributed by atoms with Gasteiger partial charge in [0.15, 0.2) is 0 Å². The first kappa shape index (κ1) is 12.0. The third-order valence-electron chi connectivity index (χ3n) is 2.89. The molecule has 0 aromatic rings. The van der Waals surface area contributed by atoms with Crippen LogP contribution in [0, 0.1) is 0 Å². The van der Waals surface area contributed by atoms with Gasteiger partial charge in [0.1, 0.15) is 6.54 Å². The number of hydrogen-bond acceptors (Lipinski definition) is 2. The fourth-order valence-electron chi connectivity index (χ4n) is 2.09. The van der Waals surface area contributed by atoms with E-state index in [2.05, 4.69) is 6.92 Å². The molecule has 1 N–H and O–H groups in total. The Bertz CT molecular complexity index is 240. The molecule has 0 aromatic carbocycles. The quantitative estimate of drug-likeness (QED) is 0.755. The lowest BCUT2D eigenvalue weighted by molar-refractivity contribution is -0.148. The molecule has 0 spiro atoms. The van der Waals surface area contributed by atoms with Gasteiger partial charge in [0, 0.05) is 12.5 Å². The second-order valence-electron chi connectivity index (χ2n) is 4.10. The second kappa shape index (κ2) is 5.73. The monoisotopic (exact) mass is 213 g/mol. The number of unbranched alkanes of at least 4 members (excludes halogenated alkanes) is 1. The lowest BCUT2D eigenvalue weighted by atomic mass is 9.97. The zero-order valence-electron chi connectivity index (χ0n) is 9.24. The van der Waals surface area contributed by atoms with Gasteiger partial charge in [0.2, 0.25) is 5.91 Å². The largest absolute Gasteiger partial charge is 0.480 e. The maximum atomic E-state index is 11.6. The van der Waals surface area contributed by atoms with Crippen LogP contribution in [-0.2, 0) is 9.59 Å². The van der Waals surface area contributed by atoms with Crippen LogP contribution in [0.3, 0.4) is 0 Å². The smallest absolute Gasteiger partial charge is 0.323 e. The molecule has 0 aromatic heterocycles. The number of aliphatic carboxylic acids is 1. The van der Waals surface area contributed by atoms with Crippen LogP contribution in [0.25, 0.3) is 0 Å². The maximum Gasteiger partial charge on any atom is 0.323 e. The Labute approximate surface area is 90.3 Å². The Hall–Kier alpha value is -1.06. The normalized spacial score (nSPS) is 21.8. The lowest BCUT2D eigenvalue weighted by Crippen LogP contribution is -2.46. The van der Waals surface area contributed by atoms with Gasteiger partial charge in [0.05, 0.1) is 0 Å². The molecule has 0 aliphatic carbocycles. The molecule has 1 heterocycles. The Morgan fingerprint density at radius 3 is 2.93 bits per heavy atom. The molecule has 1 atom stereocenters. The van der Waals surface area contributed by atoms with Gasteiger partial charge in [-0.25, -0.2) is 0 Å². The van der Waals surface area contributed by atoms with Crippen LogP contribution in [0.15, 0.2) is 0 Å². The van der Waals surface area contributed by atoms with Gasteiger partial charge < -0.3 is 10.0 Å². The van der Waals surface area contributed by atoms with Crippen LogP contribution in [0.5, 0.6) is 0 Å². The number of carbonyl (C=O) groups excluding carboxylic acids is 1. The average Bonchev–Trinajstić information content (AvgIpc) is 2.18. The van der Waals surface area contributed by atoms with E-state index in [1.165, 1.54) is 0 Å². The van der Waals surface area contributed by atoms with E-state index in [0.29, 0.717) is 6.42 Å². The molecule has 1 rings (SSSR count). The molecule has 1 aliphatic rings. The third-order valence-corrected chi connectivity index (χ3v) is 2.89. The van der Waals surface area contributed by atoms with Crippen molar-refractivity contribution in [3.63, 3.8) is 0 Å². The van der Waals surface area contributed by atoms with Crippen LogP contribution in [0.1, 0.15) is 45.4 Å². The summed E-state index contributed by atoms with van der Waals surface area (Å²) in [6, 6.07) is 0.155. The number of carboxylic acids is 1. The summed E-state index contributed by atoms with van der Waals surface area (Å²) in [5.41, 5.74) is 0. The fourth-order valence-corrected chi connectivity index (χ4v) is 2.09. The highest BCUT2D eigenvalue weighted by Crippen LogP contribution is 2.22. The minimum atomic E-state index is -0.910. The van der Waals surface area contributed by atoms with E-state index in [9.17, 15) is 9.59 Å². The highest BCUT2D eigenvalue weighted by molar-refractivity contribution is 5.82. The number of rotatable bonds is 5. The molecule has 0 radical (unpaired) electrons. The highest BCUT2D eigenvalue weighted by Gasteiger charge is 2.28. The third kappa shape index (κ3) is 3.53. The van der Waals surface area contributed by atoms with Crippen LogP contribution < -0.4 is 0 Å². The van der Waals surface area contributed by atoms with Gasteiger partial charge in [0.25, 0.3) is 0 Å². The van der Waals surface area contributed by atoms with Gasteiger partial charge in [-0.15, -0.1) is 0 Å².